The van der Waals surface area contributed by atoms with Crippen LogP contribution in [0.15, 0.2) is 22.7 Å². The van der Waals surface area contributed by atoms with Crippen molar-refractivity contribution < 1.29 is 14.3 Å². The second-order valence-corrected chi connectivity index (χ2v) is 6.80. The van der Waals surface area contributed by atoms with Gasteiger partial charge < -0.3 is 14.5 Å². The maximum atomic E-state index is 12.5. The Kier molecular flexibility index (Phi) is 6.04. The van der Waals surface area contributed by atoms with E-state index in [-0.39, 0.29) is 17.9 Å². The van der Waals surface area contributed by atoms with Crippen LogP contribution < -0.4 is 4.74 Å². The Balaban J connectivity index is 1.96. The van der Waals surface area contributed by atoms with E-state index >= 15 is 0 Å². The Hall–Kier alpha value is -1.56. The second kappa shape index (κ2) is 7.81. The van der Waals surface area contributed by atoms with Gasteiger partial charge in [-0.15, -0.1) is 0 Å². The zero-order chi connectivity index (χ0) is 17.0. The van der Waals surface area contributed by atoms with E-state index in [0.29, 0.717) is 19.4 Å². The molecule has 1 atom stereocenters. The number of methoxy groups -OCH3 is 1. The Morgan fingerprint density at radius 1 is 1.39 bits per heavy atom. The van der Waals surface area contributed by atoms with Crippen LogP contribution >= 0.6 is 15.9 Å². The van der Waals surface area contributed by atoms with E-state index in [1.807, 2.05) is 18.2 Å². The minimum absolute atomic E-state index is 0.0167. The van der Waals surface area contributed by atoms with Gasteiger partial charge in [0.05, 0.1) is 11.6 Å². The summed E-state index contributed by atoms with van der Waals surface area (Å²) < 4.78 is 6.09. The third kappa shape index (κ3) is 4.25. The molecular formula is C17H23BrN2O3. The molecule has 1 saturated heterocycles. The summed E-state index contributed by atoms with van der Waals surface area (Å²) in [6.07, 6.45) is 2.72. The molecule has 0 radical (unpaired) electrons. The van der Waals surface area contributed by atoms with Crippen LogP contribution in [0.1, 0.15) is 24.8 Å². The summed E-state index contributed by atoms with van der Waals surface area (Å²) in [4.78, 5) is 27.9. The highest BCUT2D eigenvalue weighted by atomic mass is 79.9. The molecule has 0 N–H and O–H groups in total. The molecule has 0 spiro atoms. The monoisotopic (exact) mass is 382 g/mol. The van der Waals surface area contributed by atoms with Crippen LogP contribution in [-0.2, 0) is 16.0 Å². The Morgan fingerprint density at radius 3 is 2.74 bits per heavy atom. The van der Waals surface area contributed by atoms with Gasteiger partial charge in [0, 0.05) is 27.1 Å². The highest BCUT2D eigenvalue weighted by Crippen LogP contribution is 2.26. The van der Waals surface area contributed by atoms with Crippen LogP contribution in [0.2, 0.25) is 0 Å². The van der Waals surface area contributed by atoms with E-state index in [2.05, 4.69) is 15.9 Å². The van der Waals surface area contributed by atoms with E-state index in [0.717, 1.165) is 28.6 Å². The number of aryl methyl sites for hydroxylation is 1. The Bertz CT molecular complexity index is 589. The van der Waals surface area contributed by atoms with Crippen LogP contribution in [0.25, 0.3) is 0 Å². The highest BCUT2D eigenvalue weighted by molar-refractivity contribution is 9.10. The molecule has 1 fully saturated rings. The summed E-state index contributed by atoms with van der Waals surface area (Å²) in [5.74, 6) is 0.842. The number of rotatable bonds is 5. The number of hydrogen-bond donors (Lipinski definition) is 0. The molecule has 0 aliphatic carbocycles. The number of benzene rings is 1. The predicted molar refractivity (Wildman–Crippen MR) is 92.4 cm³/mol. The smallest absolute Gasteiger partial charge is 0.244 e. The van der Waals surface area contributed by atoms with E-state index in [1.165, 1.54) is 0 Å². The Morgan fingerprint density at radius 2 is 2.13 bits per heavy atom. The zero-order valence-electron chi connectivity index (χ0n) is 13.8. The molecule has 2 amide bonds. The van der Waals surface area contributed by atoms with Crippen LogP contribution in [0.5, 0.6) is 5.75 Å². The largest absolute Gasteiger partial charge is 0.496 e. The summed E-state index contributed by atoms with van der Waals surface area (Å²) in [6, 6.07) is 5.53. The molecule has 1 heterocycles. The van der Waals surface area contributed by atoms with Crippen LogP contribution in [0.4, 0.5) is 0 Å². The summed E-state index contributed by atoms with van der Waals surface area (Å²) in [7, 11) is 5.09. The van der Waals surface area contributed by atoms with Gasteiger partial charge >= 0.3 is 0 Å². The molecular weight excluding hydrogens is 360 g/mol. The minimum atomic E-state index is -0.292. The number of carbonyl (C=O) groups is 2. The second-order valence-electron chi connectivity index (χ2n) is 5.95. The number of ether oxygens (including phenoxy) is 1. The Labute approximate surface area is 145 Å². The summed E-state index contributed by atoms with van der Waals surface area (Å²) in [5, 5.41) is 0. The maximum absolute atomic E-state index is 12.5. The molecule has 0 saturated carbocycles. The van der Waals surface area contributed by atoms with Crippen molar-refractivity contribution in [1.82, 2.24) is 9.80 Å². The van der Waals surface area contributed by atoms with Gasteiger partial charge in [-0.3, -0.25) is 9.59 Å². The number of carbonyl (C=O) groups excluding carboxylic acids is 2. The normalized spacial score (nSPS) is 17.2. The number of nitrogens with zero attached hydrogens (tertiary/aromatic N) is 2. The third-order valence-electron chi connectivity index (χ3n) is 4.14. The van der Waals surface area contributed by atoms with Gasteiger partial charge in [0.2, 0.25) is 11.8 Å². The van der Waals surface area contributed by atoms with Gasteiger partial charge in [0.1, 0.15) is 11.8 Å². The van der Waals surface area contributed by atoms with Crippen LogP contribution in [-0.4, -0.2) is 55.4 Å². The van der Waals surface area contributed by atoms with Crippen molar-refractivity contribution in [3.63, 3.8) is 0 Å². The minimum Gasteiger partial charge on any atom is -0.496 e. The first-order chi connectivity index (χ1) is 10.9. The van der Waals surface area contributed by atoms with Gasteiger partial charge in [-0.1, -0.05) is 6.07 Å². The van der Waals surface area contributed by atoms with Crippen molar-refractivity contribution in [1.29, 1.82) is 0 Å². The van der Waals surface area contributed by atoms with E-state index in [1.54, 1.807) is 31.0 Å². The lowest BCUT2D eigenvalue weighted by Crippen LogP contribution is -2.45. The molecule has 1 aliphatic rings. The van der Waals surface area contributed by atoms with E-state index < -0.39 is 0 Å². The zero-order valence-corrected chi connectivity index (χ0v) is 15.4. The average Bonchev–Trinajstić information content (AvgIpc) is 3.01. The molecule has 1 unspecified atom stereocenters. The first kappa shape index (κ1) is 17.8. The number of likely N-dealkylation sites (N-methyl/N-ethyl adjacent to an activating group) is 1. The quantitative estimate of drug-likeness (QED) is 0.785. The number of halogens is 1. The van der Waals surface area contributed by atoms with Gasteiger partial charge in [-0.25, -0.2) is 0 Å². The van der Waals surface area contributed by atoms with Crippen molar-refractivity contribution >= 4 is 27.7 Å². The van der Waals surface area contributed by atoms with Crippen LogP contribution in [0.3, 0.4) is 0 Å². The first-order valence-corrected chi connectivity index (χ1v) is 8.56. The van der Waals surface area contributed by atoms with Crippen molar-refractivity contribution in [3.05, 3.63) is 28.2 Å². The fourth-order valence-electron chi connectivity index (χ4n) is 2.88. The molecule has 1 aromatic carbocycles. The predicted octanol–water partition coefficient (Wildman–Crippen LogP) is 2.47. The number of amides is 2. The number of hydrogen-bond acceptors (Lipinski definition) is 3. The number of likely N-dealkylation sites (tertiary alicyclic amines) is 1. The summed E-state index contributed by atoms with van der Waals surface area (Å²) in [5.41, 5.74) is 1.07. The third-order valence-corrected chi connectivity index (χ3v) is 4.76. The van der Waals surface area contributed by atoms with Crippen molar-refractivity contribution in [2.45, 2.75) is 31.7 Å². The topological polar surface area (TPSA) is 49.9 Å². The van der Waals surface area contributed by atoms with Crippen LogP contribution in [0, 0.1) is 0 Å². The maximum Gasteiger partial charge on any atom is 0.244 e. The van der Waals surface area contributed by atoms with E-state index in [9.17, 15) is 9.59 Å². The fraction of sp³-hybridized carbons (Fsp3) is 0.529. The molecule has 1 aliphatic heterocycles. The summed E-state index contributed by atoms with van der Waals surface area (Å²) in [6.45, 7) is 0.676. The SMILES string of the molecule is COc1ccc(CCC(=O)N2CCCC2C(=O)N(C)C)cc1Br. The van der Waals surface area contributed by atoms with Crippen molar-refractivity contribution in [2.75, 3.05) is 27.7 Å². The molecule has 2 rings (SSSR count). The molecule has 1 aromatic rings. The lowest BCUT2D eigenvalue weighted by atomic mass is 10.1. The molecule has 6 heteroatoms. The average molecular weight is 383 g/mol. The molecule has 23 heavy (non-hydrogen) atoms. The molecule has 0 bridgehead atoms. The van der Waals surface area contributed by atoms with Gasteiger partial charge in [-0.05, 0) is 52.9 Å². The first-order valence-electron chi connectivity index (χ1n) is 7.77. The summed E-state index contributed by atoms with van der Waals surface area (Å²) >= 11 is 3.45. The molecule has 5 nitrogen and oxygen atoms in total. The van der Waals surface area contributed by atoms with E-state index in [4.69, 9.17) is 4.74 Å². The molecule has 0 aromatic heterocycles. The fourth-order valence-corrected chi connectivity index (χ4v) is 3.47. The lowest BCUT2D eigenvalue weighted by Gasteiger charge is -2.26. The van der Waals surface area contributed by atoms with Gasteiger partial charge in [0.15, 0.2) is 0 Å². The van der Waals surface area contributed by atoms with Crippen molar-refractivity contribution in [2.24, 2.45) is 0 Å². The van der Waals surface area contributed by atoms with Crippen molar-refractivity contribution in [3.8, 4) is 5.75 Å². The van der Waals surface area contributed by atoms with Gasteiger partial charge in [0.25, 0.3) is 0 Å². The lowest BCUT2D eigenvalue weighted by molar-refractivity contribution is -0.142. The standard InChI is InChI=1S/C17H23BrN2O3/c1-19(2)17(22)14-5-4-10-20(14)16(21)9-7-12-6-8-15(23-3)13(18)11-12/h6,8,11,14H,4-5,7,9-10H2,1-3H3. The van der Waals surface area contributed by atoms with Gasteiger partial charge in [-0.2, -0.15) is 0 Å². The highest BCUT2D eigenvalue weighted by Gasteiger charge is 2.34. The molecule has 126 valence electrons.